The molecular formula is C27H34O9. The third-order valence-corrected chi connectivity index (χ3v) is 9.12. The molecule has 0 aromatic carbocycles. The van der Waals surface area contributed by atoms with Crippen molar-refractivity contribution in [3.63, 3.8) is 0 Å². The molecule has 5 aliphatic rings. The van der Waals surface area contributed by atoms with Gasteiger partial charge in [0.05, 0.1) is 30.8 Å². The summed E-state index contributed by atoms with van der Waals surface area (Å²) >= 11 is 0. The Morgan fingerprint density at radius 1 is 1.03 bits per heavy atom. The van der Waals surface area contributed by atoms with Gasteiger partial charge in [-0.15, -0.1) is 0 Å². The Labute approximate surface area is 210 Å². The summed E-state index contributed by atoms with van der Waals surface area (Å²) in [5.74, 6) is -2.34. The molecule has 2 aliphatic carbocycles. The van der Waals surface area contributed by atoms with Crippen LogP contribution in [-0.2, 0) is 38.1 Å². The van der Waals surface area contributed by atoms with Crippen LogP contribution >= 0.6 is 0 Å². The average Bonchev–Trinajstić information content (AvgIpc) is 3.62. The molecule has 3 aliphatic heterocycles. The lowest BCUT2D eigenvalue weighted by Gasteiger charge is -2.58. The van der Waals surface area contributed by atoms with Gasteiger partial charge in [-0.1, -0.05) is 37.6 Å². The number of rotatable bonds is 0. The molecule has 0 radical (unpaired) electrons. The lowest BCUT2D eigenvalue weighted by atomic mass is 9.51. The van der Waals surface area contributed by atoms with Gasteiger partial charge in [-0.2, -0.15) is 0 Å². The Balaban J connectivity index is 1.52. The minimum Gasteiger partial charge on any atom is -0.463 e. The first-order valence-electron chi connectivity index (χ1n) is 12.7. The molecule has 1 N–H and O–H groups in total. The fraction of sp³-hybridized carbons (Fsp3) is 0.667. The summed E-state index contributed by atoms with van der Waals surface area (Å²) in [6, 6.07) is 0. The number of esters is 3. The van der Waals surface area contributed by atoms with E-state index in [-0.39, 0.29) is 31.8 Å². The van der Waals surface area contributed by atoms with Gasteiger partial charge in [-0.3, -0.25) is 0 Å². The summed E-state index contributed by atoms with van der Waals surface area (Å²) in [5, 5.41) is 10.6. The van der Waals surface area contributed by atoms with E-state index >= 15 is 0 Å². The zero-order valence-corrected chi connectivity index (χ0v) is 20.9. The van der Waals surface area contributed by atoms with Crippen molar-refractivity contribution in [1.29, 1.82) is 0 Å². The maximum atomic E-state index is 12.9. The smallest absolute Gasteiger partial charge is 0.335 e. The molecule has 196 valence electrons. The Hall–Kier alpha value is -2.49. The molecule has 2 saturated heterocycles. The number of hydrogen-bond donors (Lipinski definition) is 1. The van der Waals surface area contributed by atoms with Crippen LogP contribution in [0.2, 0.25) is 0 Å². The van der Waals surface area contributed by atoms with Gasteiger partial charge in [-0.05, 0) is 32.1 Å². The fourth-order valence-corrected chi connectivity index (χ4v) is 6.65. The van der Waals surface area contributed by atoms with Gasteiger partial charge in [0.1, 0.15) is 18.3 Å². The summed E-state index contributed by atoms with van der Waals surface area (Å²) in [5.41, 5.74) is -0.820. The van der Waals surface area contributed by atoms with Crippen LogP contribution in [0.1, 0.15) is 46.5 Å². The second kappa shape index (κ2) is 9.11. The van der Waals surface area contributed by atoms with Crippen LogP contribution in [0.5, 0.6) is 0 Å². The standard InChI is InChI=1S/C27H34O9/c1-16-8-10-26-14-33-24(31)23(30)17(2)9-11-32-21(28)6-4-5-7-22(29)36-18-13-20(35-19(26)12-16)27(15-34-27)25(18,26)3/h4-7,12,17-20,23,30H,8-11,13-15H2,1-3H3/b6-4-,7-5?/t17-,18-,19-,20-,23+,25-,26-,27+/m1/s1. The molecular weight excluding hydrogens is 468 g/mol. The maximum absolute atomic E-state index is 12.9. The van der Waals surface area contributed by atoms with E-state index in [4.69, 9.17) is 23.7 Å². The van der Waals surface area contributed by atoms with E-state index in [1.807, 2.05) is 0 Å². The van der Waals surface area contributed by atoms with Crippen LogP contribution < -0.4 is 0 Å². The van der Waals surface area contributed by atoms with Crippen molar-refractivity contribution < 1.29 is 43.2 Å². The van der Waals surface area contributed by atoms with Gasteiger partial charge in [-0.25, -0.2) is 14.4 Å². The van der Waals surface area contributed by atoms with Gasteiger partial charge in [0.25, 0.3) is 0 Å². The summed E-state index contributed by atoms with van der Waals surface area (Å²) in [6.07, 6.45) is 7.11. The Morgan fingerprint density at radius 2 is 1.75 bits per heavy atom. The van der Waals surface area contributed by atoms with Crippen LogP contribution in [0, 0.1) is 16.7 Å². The van der Waals surface area contributed by atoms with Crippen LogP contribution in [0.25, 0.3) is 0 Å². The molecule has 2 bridgehead atoms. The van der Waals surface area contributed by atoms with E-state index in [1.165, 1.54) is 29.9 Å². The summed E-state index contributed by atoms with van der Waals surface area (Å²) in [6.45, 7) is 6.34. The van der Waals surface area contributed by atoms with E-state index in [0.29, 0.717) is 19.4 Å². The quantitative estimate of drug-likeness (QED) is 0.230. The van der Waals surface area contributed by atoms with Crippen molar-refractivity contribution in [2.45, 2.75) is 76.5 Å². The number of ether oxygens (including phenoxy) is 5. The SMILES string of the molecule is CC1=C[C@H]2O[C@@H]3C[C@H]4OC(=O)C=C/C=C\C(=O)OCC[C@@H](C)[C@H](O)C(=O)OC[C@@]2(CC1)[C@]4(C)[C@]31CO1. The molecule has 8 atom stereocenters. The van der Waals surface area contributed by atoms with Gasteiger partial charge in [0.2, 0.25) is 0 Å². The number of allylic oxidation sites excluding steroid dienone is 3. The third kappa shape index (κ3) is 3.83. The van der Waals surface area contributed by atoms with Crippen LogP contribution in [0.15, 0.2) is 36.0 Å². The Kier molecular flexibility index (Phi) is 6.37. The van der Waals surface area contributed by atoms with E-state index < -0.39 is 52.5 Å². The number of hydrogen-bond acceptors (Lipinski definition) is 9. The molecule has 5 rings (SSSR count). The number of carbonyl (C=O) groups excluding carboxylic acids is 3. The van der Waals surface area contributed by atoms with Gasteiger partial charge >= 0.3 is 17.9 Å². The molecule has 9 heteroatoms. The summed E-state index contributed by atoms with van der Waals surface area (Å²) in [7, 11) is 0. The van der Waals surface area contributed by atoms with E-state index in [0.717, 1.165) is 6.42 Å². The first-order chi connectivity index (χ1) is 17.1. The average molecular weight is 503 g/mol. The molecule has 0 amide bonds. The second-order valence-electron chi connectivity index (χ2n) is 11.0. The van der Waals surface area contributed by atoms with E-state index in [2.05, 4.69) is 19.9 Å². The zero-order valence-electron chi connectivity index (χ0n) is 20.9. The minimum absolute atomic E-state index is 0.00000344. The molecule has 0 aromatic heterocycles. The van der Waals surface area contributed by atoms with Gasteiger partial charge < -0.3 is 28.8 Å². The fourth-order valence-electron chi connectivity index (χ4n) is 6.65. The number of aliphatic hydroxyl groups is 1. The molecule has 36 heavy (non-hydrogen) atoms. The van der Waals surface area contributed by atoms with Crippen LogP contribution in [0.3, 0.4) is 0 Å². The highest BCUT2D eigenvalue weighted by molar-refractivity contribution is 5.84. The number of epoxide rings is 1. The number of aliphatic hydroxyl groups excluding tert-OH is 1. The molecule has 3 heterocycles. The van der Waals surface area contributed by atoms with Crippen LogP contribution in [0.4, 0.5) is 0 Å². The minimum atomic E-state index is -1.37. The molecule has 0 unspecified atom stereocenters. The van der Waals surface area contributed by atoms with Gasteiger partial charge in [0.15, 0.2) is 6.10 Å². The molecule has 3 fully saturated rings. The van der Waals surface area contributed by atoms with E-state index in [1.54, 1.807) is 6.92 Å². The van der Waals surface area contributed by atoms with Crippen molar-refractivity contribution in [2.75, 3.05) is 19.8 Å². The maximum Gasteiger partial charge on any atom is 0.335 e. The largest absolute Gasteiger partial charge is 0.463 e. The highest BCUT2D eigenvalue weighted by Crippen LogP contribution is 2.72. The van der Waals surface area contributed by atoms with E-state index in [9.17, 15) is 19.5 Å². The first kappa shape index (κ1) is 25.2. The zero-order chi connectivity index (χ0) is 25.7. The summed E-state index contributed by atoms with van der Waals surface area (Å²) in [4.78, 5) is 37.6. The van der Waals surface area contributed by atoms with Crippen LogP contribution in [-0.4, -0.2) is 72.9 Å². The predicted octanol–water partition coefficient (Wildman–Crippen LogP) is 2.17. The molecule has 0 aromatic rings. The van der Waals surface area contributed by atoms with Crippen molar-refractivity contribution >= 4 is 17.9 Å². The van der Waals surface area contributed by atoms with Gasteiger partial charge in [0, 0.05) is 24.0 Å². The van der Waals surface area contributed by atoms with Crippen molar-refractivity contribution in [1.82, 2.24) is 0 Å². The Morgan fingerprint density at radius 3 is 2.47 bits per heavy atom. The van der Waals surface area contributed by atoms with Crippen molar-refractivity contribution in [3.05, 3.63) is 36.0 Å². The topological polar surface area (TPSA) is 121 Å². The number of cyclic esters (lactones) is 2. The highest BCUT2D eigenvalue weighted by Gasteiger charge is 2.83. The highest BCUT2D eigenvalue weighted by atomic mass is 16.6. The third-order valence-electron chi connectivity index (χ3n) is 9.12. The lowest BCUT2D eigenvalue weighted by molar-refractivity contribution is -0.234. The van der Waals surface area contributed by atoms with Crippen molar-refractivity contribution in [2.24, 2.45) is 16.7 Å². The number of carbonyl (C=O) groups is 3. The summed E-state index contributed by atoms with van der Waals surface area (Å²) < 4.78 is 29.6. The monoisotopic (exact) mass is 502 g/mol. The lowest BCUT2D eigenvalue weighted by Crippen LogP contribution is -2.66. The Bertz CT molecular complexity index is 1020. The second-order valence-corrected chi connectivity index (χ2v) is 11.0. The first-order valence-corrected chi connectivity index (χ1v) is 12.7. The molecule has 2 spiro atoms. The predicted molar refractivity (Wildman–Crippen MR) is 125 cm³/mol. The molecule has 9 nitrogen and oxygen atoms in total. The van der Waals surface area contributed by atoms with Crippen molar-refractivity contribution in [3.8, 4) is 0 Å². The normalized spacial score (nSPS) is 45.9. The molecule has 1 saturated carbocycles.